The molecule has 1 atom stereocenters. The quantitative estimate of drug-likeness (QED) is 0.915. The van der Waals surface area contributed by atoms with Crippen molar-refractivity contribution in [2.24, 2.45) is 5.73 Å². The molecule has 0 aromatic heterocycles. The number of hydrogen-bond acceptors (Lipinski definition) is 2. The van der Waals surface area contributed by atoms with E-state index in [1.54, 1.807) is 12.1 Å². The van der Waals surface area contributed by atoms with Crippen LogP contribution in [0, 0.1) is 19.7 Å². The zero-order valence-electron chi connectivity index (χ0n) is 11.4. The molecule has 0 aliphatic heterocycles. The highest BCUT2D eigenvalue weighted by molar-refractivity contribution is 5.43. The average Bonchev–Trinajstić information content (AvgIpc) is 2.38. The van der Waals surface area contributed by atoms with Crippen molar-refractivity contribution in [2.45, 2.75) is 19.9 Å². The molecule has 2 nitrogen and oxygen atoms in total. The molecule has 3 heteroatoms. The molecule has 0 aliphatic rings. The molecule has 2 aromatic rings. The van der Waals surface area contributed by atoms with Crippen LogP contribution in [-0.4, -0.2) is 7.11 Å². The van der Waals surface area contributed by atoms with E-state index in [0.29, 0.717) is 0 Å². The Labute approximate surface area is 113 Å². The Bertz CT molecular complexity index is 575. The normalized spacial score (nSPS) is 12.3. The molecule has 2 N–H and O–H groups in total. The second kappa shape index (κ2) is 5.41. The van der Waals surface area contributed by atoms with Crippen LogP contribution in [0.15, 0.2) is 36.4 Å². The van der Waals surface area contributed by atoms with E-state index < -0.39 is 0 Å². The Kier molecular flexibility index (Phi) is 3.86. The highest BCUT2D eigenvalue weighted by Crippen LogP contribution is 2.28. The highest BCUT2D eigenvalue weighted by atomic mass is 19.1. The summed E-state index contributed by atoms with van der Waals surface area (Å²) in [5, 5.41) is 0. The molecule has 19 heavy (non-hydrogen) atoms. The molecule has 0 spiro atoms. The van der Waals surface area contributed by atoms with Crippen molar-refractivity contribution in [1.82, 2.24) is 0 Å². The Morgan fingerprint density at radius 2 is 1.74 bits per heavy atom. The number of aryl methyl sites for hydroxylation is 2. The van der Waals surface area contributed by atoms with E-state index in [0.717, 1.165) is 22.3 Å². The minimum absolute atomic E-state index is 0.234. The van der Waals surface area contributed by atoms with Gasteiger partial charge in [-0.15, -0.1) is 0 Å². The first-order chi connectivity index (χ1) is 9.04. The van der Waals surface area contributed by atoms with Gasteiger partial charge < -0.3 is 10.5 Å². The van der Waals surface area contributed by atoms with Crippen molar-refractivity contribution in [3.05, 3.63) is 64.5 Å². The summed E-state index contributed by atoms with van der Waals surface area (Å²) in [6.45, 7) is 4.03. The molecular formula is C16H18FNO. The Hall–Kier alpha value is -1.87. The molecule has 0 amide bonds. The van der Waals surface area contributed by atoms with E-state index in [1.165, 1.54) is 13.2 Å². The van der Waals surface area contributed by atoms with Gasteiger partial charge in [-0.25, -0.2) is 4.39 Å². The third-order valence-electron chi connectivity index (χ3n) is 3.39. The molecule has 0 saturated heterocycles. The van der Waals surface area contributed by atoms with Gasteiger partial charge in [0.15, 0.2) is 11.6 Å². The van der Waals surface area contributed by atoms with Crippen LogP contribution >= 0.6 is 0 Å². The SMILES string of the molecule is COc1ccc(C(N)c2c(C)cccc2C)cc1F. The van der Waals surface area contributed by atoms with E-state index in [2.05, 4.69) is 0 Å². The number of methoxy groups -OCH3 is 1. The molecule has 1 unspecified atom stereocenters. The highest BCUT2D eigenvalue weighted by Gasteiger charge is 2.15. The van der Waals surface area contributed by atoms with E-state index in [-0.39, 0.29) is 17.6 Å². The maximum absolute atomic E-state index is 13.7. The van der Waals surface area contributed by atoms with Crippen LogP contribution in [0.3, 0.4) is 0 Å². The van der Waals surface area contributed by atoms with E-state index in [4.69, 9.17) is 10.5 Å². The summed E-state index contributed by atoms with van der Waals surface area (Å²) in [6, 6.07) is 10.5. The molecule has 0 aliphatic carbocycles. The predicted molar refractivity (Wildman–Crippen MR) is 74.9 cm³/mol. The van der Waals surface area contributed by atoms with Crippen LogP contribution in [0.5, 0.6) is 5.75 Å². The fraction of sp³-hybridized carbons (Fsp3) is 0.250. The third kappa shape index (κ3) is 2.61. The van der Waals surface area contributed by atoms with Crippen LogP contribution < -0.4 is 10.5 Å². The van der Waals surface area contributed by atoms with Gasteiger partial charge >= 0.3 is 0 Å². The summed E-state index contributed by atoms with van der Waals surface area (Å²) in [4.78, 5) is 0. The predicted octanol–water partition coefficient (Wildman–Crippen LogP) is 3.50. The second-order valence-corrected chi connectivity index (χ2v) is 4.68. The van der Waals surface area contributed by atoms with Gasteiger partial charge in [0.25, 0.3) is 0 Å². The largest absolute Gasteiger partial charge is 0.494 e. The molecule has 0 saturated carbocycles. The van der Waals surface area contributed by atoms with Crippen LogP contribution in [0.2, 0.25) is 0 Å². The number of benzene rings is 2. The summed E-state index contributed by atoms with van der Waals surface area (Å²) < 4.78 is 18.7. The molecule has 0 bridgehead atoms. The van der Waals surface area contributed by atoms with E-state index in [1.807, 2.05) is 32.0 Å². The van der Waals surface area contributed by atoms with Gasteiger partial charge in [0.2, 0.25) is 0 Å². The first-order valence-corrected chi connectivity index (χ1v) is 6.19. The van der Waals surface area contributed by atoms with Crippen molar-refractivity contribution in [1.29, 1.82) is 0 Å². The van der Waals surface area contributed by atoms with Crippen LogP contribution in [0.1, 0.15) is 28.3 Å². The van der Waals surface area contributed by atoms with Crippen molar-refractivity contribution in [3.8, 4) is 5.75 Å². The van der Waals surface area contributed by atoms with Gasteiger partial charge in [0.05, 0.1) is 13.2 Å². The molecule has 0 fully saturated rings. The molecular weight excluding hydrogens is 241 g/mol. The fourth-order valence-electron chi connectivity index (χ4n) is 2.36. The van der Waals surface area contributed by atoms with E-state index in [9.17, 15) is 4.39 Å². The summed E-state index contributed by atoms with van der Waals surface area (Å²) in [6.07, 6.45) is 0. The maximum Gasteiger partial charge on any atom is 0.165 e. The topological polar surface area (TPSA) is 35.2 Å². The lowest BCUT2D eigenvalue weighted by molar-refractivity contribution is 0.386. The Morgan fingerprint density at radius 1 is 1.11 bits per heavy atom. The smallest absolute Gasteiger partial charge is 0.165 e. The summed E-state index contributed by atoms with van der Waals surface area (Å²) in [5.41, 5.74) is 10.3. The van der Waals surface area contributed by atoms with Gasteiger partial charge in [-0.3, -0.25) is 0 Å². The summed E-state index contributed by atoms with van der Waals surface area (Å²) in [5.74, 6) is -0.154. The van der Waals surface area contributed by atoms with Crippen molar-refractivity contribution in [2.75, 3.05) is 7.11 Å². The zero-order valence-corrected chi connectivity index (χ0v) is 11.4. The lowest BCUT2D eigenvalue weighted by Gasteiger charge is -2.18. The monoisotopic (exact) mass is 259 g/mol. The number of ether oxygens (including phenoxy) is 1. The first-order valence-electron chi connectivity index (χ1n) is 6.19. The van der Waals surface area contributed by atoms with Crippen molar-refractivity contribution >= 4 is 0 Å². The minimum Gasteiger partial charge on any atom is -0.494 e. The van der Waals surface area contributed by atoms with Gasteiger partial charge in [-0.05, 0) is 48.2 Å². The summed E-state index contributed by atoms with van der Waals surface area (Å²) in [7, 11) is 1.45. The third-order valence-corrected chi connectivity index (χ3v) is 3.39. The first kappa shape index (κ1) is 13.6. The van der Waals surface area contributed by atoms with Crippen LogP contribution in [0.25, 0.3) is 0 Å². The fourth-order valence-corrected chi connectivity index (χ4v) is 2.36. The van der Waals surface area contributed by atoms with E-state index >= 15 is 0 Å². The molecule has 0 radical (unpaired) electrons. The number of rotatable bonds is 3. The molecule has 2 rings (SSSR count). The van der Waals surface area contributed by atoms with Gasteiger partial charge in [0.1, 0.15) is 0 Å². The minimum atomic E-state index is -0.387. The van der Waals surface area contributed by atoms with Gasteiger partial charge in [-0.2, -0.15) is 0 Å². The van der Waals surface area contributed by atoms with Gasteiger partial charge in [-0.1, -0.05) is 24.3 Å². The lowest BCUT2D eigenvalue weighted by atomic mass is 9.92. The van der Waals surface area contributed by atoms with Crippen molar-refractivity contribution in [3.63, 3.8) is 0 Å². The van der Waals surface area contributed by atoms with Crippen LogP contribution in [0.4, 0.5) is 4.39 Å². The maximum atomic E-state index is 13.7. The van der Waals surface area contributed by atoms with Crippen LogP contribution in [-0.2, 0) is 0 Å². The Balaban J connectivity index is 2.44. The molecule has 100 valence electrons. The van der Waals surface area contributed by atoms with Crippen molar-refractivity contribution < 1.29 is 9.13 Å². The Morgan fingerprint density at radius 3 is 2.26 bits per heavy atom. The summed E-state index contributed by atoms with van der Waals surface area (Å²) >= 11 is 0. The second-order valence-electron chi connectivity index (χ2n) is 4.68. The standard InChI is InChI=1S/C16H18FNO/c1-10-5-4-6-11(2)15(10)16(18)12-7-8-14(19-3)13(17)9-12/h4-9,16H,18H2,1-3H3. The average molecular weight is 259 g/mol. The molecule has 2 aromatic carbocycles. The number of nitrogens with two attached hydrogens (primary N) is 1. The lowest BCUT2D eigenvalue weighted by Crippen LogP contribution is -2.15. The van der Waals surface area contributed by atoms with Gasteiger partial charge in [0, 0.05) is 0 Å². The number of hydrogen-bond donors (Lipinski definition) is 1. The molecule has 0 heterocycles. The number of halogens is 1. The zero-order chi connectivity index (χ0) is 14.0.